The molecule has 1 aliphatic rings. The van der Waals surface area contributed by atoms with Crippen molar-refractivity contribution in [3.8, 4) is 11.5 Å². The summed E-state index contributed by atoms with van der Waals surface area (Å²) in [5.41, 5.74) is 2.96. The van der Waals surface area contributed by atoms with Crippen molar-refractivity contribution >= 4 is 27.5 Å². The number of nitrogens with one attached hydrogen (secondary N) is 1. The van der Waals surface area contributed by atoms with Crippen LogP contribution < -0.4 is 14.8 Å². The van der Waals surface area contributed by atoms with Crippen LogP contribution in [0.1, 0.15) is 26.2 Å². The first-order valence-electron chi connectivity index (χ1n) is 10.3. The van der Waals surface area contributed by atoms with Crippen LogP contribution in [-0.4, -0.2) is 49.8 Å². The van der Waals surface area contributed by atoms with E-state index in [-0.39, 0.29) is 0 Å². The highest BCUT2D eigenvalue weighted by atomic mass is 16.5. The Morgan fingerprint density at radius 2 is 1.79 bits per heavy atom. The molecule has 1 fully saturated rings. The smallest absolute Gasteiger partial charge is 0.163 e. The molecule has 0 amide bonds. The van der Waals surface area contributed by atoms with Gasteiger partial charge in [0.15, 0.2) is 11.5 Å². The van der Waals surface area contributed by atoms with Crippen molar-refractivity contribution in [2.75, 3.05) is 45.2 Å². The van der Waals surface area contributed by atoms with Crippen molar-refractivity contribution in [3.05, 3.63) is 36.4 Å². The number of fused-ring (bicyclic) bond motifs is 2. The average Bonchev–Trinajstić information content (AvgIpc) is 3.23. The molecule has 148 valence electrons. The molecule has 1 N–H and O–H groups in total. The largest absolute Gasteiger partial charge is 0.490 e. The minimum Gasteiger partial charge on any atom is -0.490 e. The summed E-state index contributed by atoms with van der Waals surface area (Å²) in [6.07, 6.45) is 3.68. The van der Waals surface area contributed by atoms with Gasteiger partial charge in [-0.15, -0.1) is 0 Å². The van der Waals surface area contributed by atoms with E-state index in [0.717, 1.165) is 52.0 Å². The van der Waals surface area contributed by atoms with Gasteiger partial charge in [-0.2, -0.15) is 0 Å². The maximum absolute atomic E-state index is 6.16. The molecule has 0 spiro atoms. The lowest BCUT2D eigenvalue weighted by Gasteiger charge is -2.17. The second kappa shape index (κ2) is 8.65. The van der Waals surface area contributed by atoms with Gasteiger partial charge < -0.3 is 19.7 Å². The summed E-state index contributed by atoms with van der Waals surface area (Å²) in [5, 5.41) is 5.52. The molecule has 5 nitrogen and oxygen atoms in total. The Morgan fingerprint density at radius 3 is 2.57 bits per heavy atom. The van der Waals surface area contributed by atoms with Crippen molar-refractivity contribution in [1.29, 1.82) is 0 Å². The van der Waals surface area contributed by atoms with E-state index in [4.69, 9.17) is 14.5 Å². The number of para-hydroxylation sites is 1. The van der Waals surface area contributed by atoms with Gasteiger partial charge in [0.05, 0.1) is 29.9 Å². The number of ether oxygens (including phenoxy) is 2. The number of anilines is 1. The molecule has 0 radical (unpaired) electrons. The monoisotopic (exact) mass is 379 g/mol. The summed E-state index contributed by atoms with van der Waals surface area (Å²) in [5.74, 6) is 1.56. The van der Waals surface area contributed by atoms with Crippen LogP contribution in [0, 0.1) is 0 Å². The number of aromatic nitrogens is 1. The Kier molecular flexibility index (Phi) is 5.81. The van der Waals surface area contributed by atoms with E-state index in [1.165, 1.54) is 25.9 Å². The predicted molar refractivity (Wildman–Crippen MR) is 116 cm³/mol. The van der Waals surface area contributed by atoms with Crippen molar-refractivity contribution in [3.63, 3.8) is 0 Å². The van der Waals surface area contributed by atoms with Gasteiger partial charge in [0.25, 0.3) is 0 Å². The van der Waals surface area contributed by atoms with E-state index in [2.05, 4.69) is 22.3 Å². The highest BCUT2D eigenvalue weighted by Gasteiger charge is 2.15. The zero-order valence-corrected chi connectivity index (χ0v) is 16.8. The van der Waals surface area contributed by atoms with E-state index in [1.807, 2.05) is 38.2 Å². The molecule has 0 unspecified atom stereocenters. The summed E-state index contributed by atoms with van der Waals surface area (Å²) in [6.45, 7) is 6.84. The Labute approximate surface area is 166 Å². The molecule has 4 rings (SSSR count). The molecule has 2 aromatic carbocycles. The maximum atomic E-state index is 6.16. The Balaban J connectivity index is 1.63. The van der Waals surface area contributed by atoms with E-state index in [0.29, 0.717) is 13.2 Å². The van der Waals surface area contributed by atoms with Gasteiger partial charge in [0, 0.05) is 30.4 Å². The van der Waals surface area contributed by atoms with Crippen molar-refractivity contribution < 1.29 is 9.47 Å². The standard InChI is InChI=1S/C23H29N3O2/c1-3-27-22-16-20-18(23(24-2)17-9-4-5-10-19(17)25-20)15-21(22)28-14-8-13-26-11-6-7-12-26/h4-5,9-10,15-16H,3,6-8,11-14H2,1-2H3,(H,24,25). The first kappa shape index (κ1) is 18.8. The van der Waals surface area contributed by atoms with Gasteiger partial charge in [-0.3, -0.25) is 0 Å². The molecule has 1 aromatic heterocycles. The third kappa shape index (κ3) is 3.85. The van der Waals surface area contributed by atoms with Crippen LogP contribution >= 0.6 is 0 Å². The van der Waals surface area contributed by atoms with Crippen LogP contribution in [0.25, 0.3) is 21.8 Å². The van der Waals surface area contributed by atoms with Gasteiger partial charge in [0.1, 0.15) is 0 Å². The zero-order chi connectivity index (χ0) is 19.3. The van der Waals surface area contributed by atoms with Crippen molar-refractivity contribution in [2.24, 2.45) is 0 Å². The van der Waals surface area contributed by atoms with Gasteiger partial charge in [-0.05, 0) is 51.4 Å². The highest BCUT2D eigenvalue weighted by molar-refractivity contribution is 6.08. The van der Waals surface area contributed by atoms with Crippen LogP contribution in [0.2, 0.25) is 0 Å². The molecule has 0 aliphatic carbocycles. The number of benzene rings is 2. The number of hydrogen-bond donors (Lipinski definition) is 1. The Hall–Kier alpha value is -2.53. The van der Waals surface area contributed by atoms with Crippen LogP contribution in [0.5, 0.6) is 11.5 Å². The third-order valence-corrected chi connectivity index (χ3v) is 5.37. The fraction of sp³-hybridized carbons (Fsp3) is 0.435. The summed E-state index contributed by atoms with van der Waals surface area (Å²) in [7, 11) is 1.95. The molecule has 5 heteroatoms. The molecule has 0 bridgehead atoms. The van der Waals surface area contributed by atoms with Crippen molar-refractivity contribution in [1.82, 2.24) is 9.88 Å². The highest BCUT2D eigenvalue weighted by Crippen LogP contribution is 2.38. The maximum Gasteiger partial charge on any atom is 0.163 e. The fourth-order valence-corrected chi connectivity index (χ4v) is 4.03. The summed E-state index contributed by atoms with van der Waals surface area (Å²) in [4.78, 5) is 7.35. The molecule has 28 heavy (non-hydrogen) atoms. The SMILES string of the molecule is CCOc1cc2nc3ccccc3c(NC)c2cc1OCCCN1CCCC1. The van der Waals surface area contributed by atoms with E-state index in [9.17, 15) is 0 Å². The number of nitrogens with zero attached hydrogens (tertiary/aromatic N) is 2. The molecule has 1 aliphatic heterocycles. The van der Waals surface area contributed by atoms with Gasteiger partial charge >= 0.3 is 0 Å². The van der Waals surface area contributed by atoms with E-state index < -0.39 is 0 Å². The molecule has 2 heterocycles. The number of likely N-dealkylation sites (tertiary alicyclic amines) is 1. The Bertz CT molecular complexity index is 951. The first-order valence-corrected chi connectivity index (χ1v) is 10.3. The number of pyridine rings is 1. The van der Waals surface area contributed by atoms with Crippen LogP contribution in [-0.2, 0) is 0 Å². The summed E-state index contributed by atoms with van der Waals surface area (Å²) >= 11 is 0. The topological polar surface area (TPSA) is 46.6 Å². The van der Waals surface area contributed by atoms with Gasteiger partial charge in [-0.25, -0.2) is 4.98 Å². The molecule has 0 atom stereocenters. The van der Waals surface area contributed by atoms with Crippen molar-refractivity contribution in [2.45, 2.75) is 26.2 Å². The first-order chi connectivity index (χ1) is 13.8. The van der Waals surface area contributed by atoms with Gasteiger partial charge in [-0.1, -0.05) is 18.2 Å². The fourth-order valence-electron chi connectivity index (χ4n) is 4.03. The zero-order valence-electron chi connectivity index (χ0n) is 16.8. The lowest BCUT2D eigenvalue weighted by atomic mass is 10.1. The molecule has 0 saturated carbocycles. The van der Waals surface area contributed by atoms with Crippen LogP contribution in [0.4, 0.5) is 5.69 Å². The second-order valence-corrected chi connectivity index (χ2v) is 7.25. The van der Waals surface area contributed by atoms with Crippen LogP contribution in [0.3, 0.4) is 0 Å². The average molecular weight is 380 g/mol. The predicted octanol–water partition coefficient (Wildman–Crippen LogP) is 4.69. The molecule has 3 aromatic rings. The minimum atomic E-state index is 0.599. The van der Waals surface area contributed by atoms with Crippen LogP contribution in [0.15, 0.2) is 36.4 Å². The third-order valence-electron chi connectivity index (χ3n) is 5.37. The van der Waals surface area contributed by atoms with E-state index >= 15 is 0 Å². The molecular formula is C23H29N3O2. The number of rotatable bonds is 8. The quantitative estimate of drug-likeness (QED) is 0.454. The second-order valence-electron chi connectivity index (χ2n) is 7.25. The van der Waals surface area contributed by atoms with E-state index in [1.54, 1.807) is 0 Å². The number of hydrogen-bond acceptors (Lipinski definition) is 5. The normalized spacial score (nSPS) is 14.6. The molecule has 1 saturated heterocycles. The minimum absolute atomic E-state index is 0.599. The molecular weight excluding hydrogens is 350 g/mol. The lowest BCUT2D eigenvalue weighted by molar-refractivity contribution is 0.248. The summed E-state index contributed by atoms with van der Waals surface area (Å²) in [6, 6.07) is 12.3. The lowest BCUT2D eigenvalue weighted by Crippen LogP contribution is -2.21. The van der Waals surface area contributed by atoms with Gasteiger partial charge in [0.2, 0.25) is 0 Å². The summed E-state index contributed by atoms with van der Waals surface area (Å²) < 4.78 is 12.0. The Morgan fingerprint density at radius 1 is 1.00 bits per heavy atom.